The molecule has 2 unspecified atom stereocenters. The zero-order valence-electron chi connectivity index (χ0n) is 34.1. The maximum Gasteiger partial charge on any atom is 0.342 e. The molecule has 8 nitrogen and oxygen atoms in total. The zero-order valence-corrected chi connectivity index (χ0v) is 36.3. The fourth-order valence-electron chi connectivity index (χ4n) is 7.52. The molecular weight excluding hydrogens is 831 g/mol. The van der Waals surface area contributed by atoms with Gasteiger partial charge in [-0.25, -0.2) is 9.59 Å². The van der Waals surface area contributed by atoms with Gasteiger partial charge in [-0.3, -0.25) is 0 Å². The lowest BCUT2D eigenvalue weighted by atomic mass is 9.79. The van der Waals surface area contributed by atoms with Crippen LogP contribution in [0, 0.1) is 3.57 Å². The van der Waals surface area contributed by atoms with Crippen LogP contribution in [-0.4, -0.2) is 42.7 Å². The summed E-state index contributed by atoms with van der Waals surface area (Å²) in [5.74, 6) is 0.759. The molecule has 4 aromatic carbocycles. The Kier molecular flexibility index (Phi) is 15.6. The molecule has 0 bridgehead atoms. The number of aromatic hydroxyl groups is 1. The van der Waals surface area contributed by atoms with Gasteiger partial charge in [0.1, 0.15) is 40.6 Å². The average molecular weight is 889 g/mol. The van der Waals surface area contributed by atoms with Crippen LogP contribution in [-0.2, 0) is 24.6 Å². The molecule has 9 heteroatoms. The van der Waals surface area contributed by atoms with Crippen molar-refractivity contribution in [1.82, 2.24) is 0 Å². The van der Waals surface area contributed by atoms with E-state index in [1.54, 1.807) is 18.2 Å². The second-order valence-electron chi connectivity index (χ2n) is 15.4. The molecule has 0 aliphatic heterocycles. The van der Waals surface area contributed by atoms with Crippen molar-refractivity contribution in [3.8, 4) is 17.2 Å². The van der Waals surface area contributed by atoms with Crippen molar-refractivity contribution in [2.45, 2.75) is 110 Å². The van der Waals surface area contributed by atoms with E-state index in [2.05, 4.69) is 48.6 Å². The number of halogens is 1. The van der Waals surface area contributed by atoms with Gasteiger partial charge in [0, 0.05) is 15.1 Å². The molecule has 4 aromatic rings. The minimum Gasteiger partial charge on any atom is -0.508 e. The Hall–Kier alpha value is -4.35. The number of hydrogen-bond acceptors (Lipinski definition) is 8. The molecule has 57 heavy (non-hydrogen) atoms. The SMILES string of the molecule is CCC(CC(/C(C)=C(\C)C(=O)OC(C)(C)c1ccccc1)c1ccc(O)cc1)c1ccc(OCOCCOc2ccc(I)cc2C(=O)OC2(CC)CCCC2)cc1. The van der Waals surface area contributed by atoms with Crippen LogP contribution in [0.15, 0.2) is 108 Å². The van der Waals surface area contributed by atoms with Crippen molar-refractivity contribution in [1.29, 1.82) is 0 Å². The van der Waals surface area contributed by atoms with E-state index in [-0.39, 0.29) is 55.1 Å². The van der Waals surface area contributed by atoms with E-state index >= 15 is 0 Å². The normalized spacial score (nSPS) is 15.3. The maximum absolute atomic E-state index is 13.6. The quantitative estimate of drug-likeness (QED) is 0.0327. The van der Waals surface area contributed by atoms with Gasteiger partial charge in [0.15, 0.2) is 6.79 Å². The van der Waals surface area contributed by atoms with Gasteiger partial charge in [0.05, 0.1) is 6.61 Å². The monoisotopic (exact) mass is 888 g/mol. The summed E-state index contributed by atoms with van der Waals surface area (Å²) in [4.78, 5) is 26.8. The van der Waals surface area contributed by atoms with Crippen LogP contribution in [0.2, 0.25) is 0 Å². The van der Waals surface area contributed by atoms with Crippen LogP contribution in [0.1, 0.15) is 125 Å². The Morgan fingerprint density at radius 3 is 2.16 bits per heavy atom. The third-order valence-electron chi connectivity index (χ3n) is 11.3. The molecule has 1 aliphatic carbocycles. The van der Waals surface area contributed by atoms with Gasteiger partial charge >= 0.3 is 11.9 Å². The first kappa shape index (κ1) is 43.8. The van der Waals surface area contributed by atoms with Crippen molar-refractivity contribution in [3.05, 3.63) is 134 Å². The molecular formula is C48H57IO8. The first-order valence-electron chi connectivity index (χ1n) is 20.1. The summed E-state index contributed by atoms with van der Waals surface area (Å²) in [7, 11) is 0. The van der Waals surface area contributed by atoms with Gasteiger partial charge < -0.3 is 28.8 Å². The lowest BCUT2D eigenvalue weighted by molar-refractivity contribution is -0.152. The predicted octanol–water partition coefficient (Wildman–Crippen LogP) is 11.8. The number of allylic oxidation sites excluding steroid dienone is 1. The predicted molar refractivity (Wildman–Crippen MR) is 232 cm³/mol. The Balaban J connectivity index is 1.17. The molecule has 0 heterocycles. The van der Waals surface area contributed by atoms with Crippen LogP contribution < -0.4 is 9.47 Å². The Morgan fingerprint density at radius 2 is 1.51 bits per heavy atom. The average Bonchev–Trinajstić information content (AvgIpc) is 3.69. The standard InChI is InChI=1S/C48H57IO8/c1-7-35(30-42(37-16-21-40(50)22-17-37)33(3)34(4)45(51)56-47(5,6)38-14-10-9-11-15-38)36-18-23-41(24-19-36)55-32-53-28-29-54-44-25-20-39(49)31-43(44)46(52)57-48(8-2)26-12-13-27-48/h9-11,14-25,31,35,42,50H,7-8,12-13,26-30,32H2,1-6H3/b34-33+. The third kappa shape index (κ3) is 11.9. The van der Waals surface area contributed by atoms with Crippen LogP contribution in [0.5, 0.6) is 17.2 Å². The highest BCUT2D eigenvalue weighted by Crippen LogP contribution is 2.40. The number of carbonyl (C=O) groups is 2. The van der Waals surface area contributed by atoms with Crippen molar-refractivity contribution in [2.24, 2.45) is 0 Å². The van der Waals surface area contributed by atoms with Crippen molar-refractivity contribution >= 4 is 34.5 Å². The highest BCUT2D eigenvalue weighted by molar-refractivity contribution is 14.1. The van der Waals surface area contributed by atoms with Gasteiger partial charge in [-0.2, -0.15) is 0 Å². The Bertz CT molecular complexity index is 1950. The molecule has 1 fully saturated rings. The molecule has 0 saturated heterocycles. The first-order valence-corrected chi connectivity index (χ1v) is 21.1. The van der Waals surface area contributed by atoms with Crippen LogP contribution in [0.3, 0.4) is 0 Å². The summed E-state index contributed by atoms with van der Waals surface area (Å²) >= 11 is 2.19. The fourth-order valence-corrected chi connectivity index (χ4v) is 8.01. The summed E-state index contributed by atoms with van der Waals surface area (Å²) in [6, 6.07) is 30.6. The highest BCUT2D eigenvalue weighted by Gasteiger charge is 2.37. The molecule has 0 aromatic heterocycles. The van der Waals surface area contributed by atoms with Crippen LogP contribution in [0.25, 0.3) is 0 Å². The molecule has 2 atom stereocenters. The number of phenolic OH excluding ortho intramolecular Hbond substituents is 1. The summed E-state index contributed by atoms with van der Waals surface area (Å²) in [6.07, 6.45) is 6.40. The molecule has 1 saturated carbocycles. The fraction of sp³-hybridized carbons (Fsp3) is 0.417. The topological polar surface area (TPSA) is 101 Å². The summed E-state index contributed by atoms with van der Waals surface area (Å²) < 4.78 is 30.7. The van der Waals surface area contributed by atoms with Gasteiger partial charge in [-0.05, 0) is 160 Å². The molecule has 1 N–H and O–H groups in total. The maximum atomic E-state index is 13.6. The third-order valence-corrected chi connectivity index (χ3v) is 12.0. The van der Waals surface area contributed by atoms with E-state index < -0.39 is 5.60 Å². The van der Waals surface area contributed by atoms with E-state index in [4.69, 9.17) is 23.7 Å². The molecule has 5 rings (SSSR count). The minimum atomic E-state index is -0.794. The minimum absolute atomic E-state index is 0.0455. The number of ether oxygens (including phenoxy) is 5. The van der Waals surface area contributed by atoms with E-state index in [9.17, 15) is 14.7 Å². The molecule has 0 radical (unpaired) electrons. The van der Waals surface area contributed by atoms with E-state index in [1.165, 1.54) is 0 Å². The molecule has 0 spiro atoms. The zero-order chi connectivity index (χ0) is 41.0. The number of carbonyl (C=O) groups excluding carboxylic acids is 2. The van der Waals surface area contributed by atoms with E-state index in [0.717, 1.165) is 70.8 Å². The lowest BCUT2D eigenvalue weighted by Gasteiger charge is -2.28. The summed E-state index contributed by atoms with van der Waals surface area (Å²) in [5.41, 5.74) is 3.87. The van der Waals surface area contributed by atoms with Gasteiger partial charge in [-0.15, -0.1) is 0 Å². The number of benzene rings is 4. The number of esters is 2. The Morgan fingerprint density at radius 1 is 0.842 bits per heavy atom. The van der Waals surface area contributed by atoms with Crippen molar-refractivity contribution < 1.29 is 38.4 Å². The largest absolute Gasteiger partial charge is 0.508 e. The first-order chi connectivity index (χ1) is 27.3. The second kappa shape index (κ2) is 20.4. The molecule has 0 amide bonds. The molecule has 1 aliphatic rings. The van der Waals surface area contributed by atoms with Crippen LogP contribution >= 0.6 is 22.6 Å². The van der Waals surface area contributed by atoms with Crippen molar-refractivity contribution in [3.63, 3.8) is 0 Å². The van der Waals surface area contributed by atoms with E-state index in [1.807, 2.05) is 94.4 Å². The second-order valence-corrected chi connectivity index (χ2v) is 16.7. The van der Waals surface area contributed by atoms with Gasteiger partial charge in [-0.1, -0.05) is 74.0 Å². The van der Waals surface area contributed by atoms with Crippen LogP contribution in [0.4, 0.5) is 0 Å². The van der Waals surface area contributed by atoms with Gasteiger partial charge in [0.25, 0.3) is 0 Å². The lowest BCUT2D eigenvalue weighted by Crippen LogP contribution is -2.31. The number of phenols is 1. The smallest absolute Gasteiger partial charge is 0.342 e. The number of hydrogen-bond donors (Lipinski definition) is 1. The summed E-state index contributed by atoms with van der Waals surface area (Å²) in [6.45, 7) is 12.5. The number of rotatable bonds is 19. The van der Waals surface area contributed by atoms with E-state index in [0.29, 0.717) is 22.6 Å². The molecule has 304 valence electrons. The van der Waals surface area contributed by atoms with Crippen molar-refractivity contribution in [2.75, 3.05) is 20.0 Å². The van der Waals surface area contributed by atoms with Gasteiger partial charge in [0.2, 0.25) is 0 Å². The highest BCUT2D eigenvalue weighted by atomic mass is 127. The Labute approximate surface area is 352 Å². The summed E-state index contributed by atoms with van der Waals surface area (Å²) in [5, 5.41) is 10.1.